The van der Waals surface area contributed by atoms with E-state index >= 15 is 0 Å². The minimum absolute atomic E-state index is 0.0220. The van der Waals surface area contributed by atoms with Gasteiger partial charge in [-0.3, -0.25) is 10.2 Å². The molecule has 186 valence electrons. The van der Waals surface area contributed by atoms with Crippen LogP contribution in [0, 0.1) is 5.41 Å². The van der Waals surface area contributed by atoms with Gasteiger partial charge in [0.25, 0.3) is 0 Å². The normalized spacial score (nSPS) is 11.3. The summed E-state index contributed by atoms with van der Waals surface area (Å²) in [5, 5.41) is 14.7. The standard InChI is InChI=1S/C20H18N2O3S3.C2HF3O2/c1-12(23)13-6-8-14(9-7-13)15-4-3-5-16(10-15)28(24,25)18-11-17(19(21)22)27-20(18)26-2;3-2(4,5)1(6)7/h3-11H,1-2H3,(H3,21,22);(H,6,7). The lowest BCUT2D eigenvalue weighted by molar-refractivity contribution is -0.192. The molecule has 0 bridgehead atoms. The van der Waals surface area contributed by atoms with Crippen molar-refractivity contribution < 1.29 is 36.3 Å². The Labute approximate surface area is 207 Å². The Hall–Kier alpha value is -3.16. The zero-order chi connectivity index (χ0) is 26.6. The molecular formula is C22H19F3N2O5S3. The van der Waals surface area contributed by atoms with Crippen LogP contribution in [-0.4, -0.2) is 43.5 Å². The maximum atomic E-state index is 13.2. The summed E-state index contributed by atoms with van der Waals surface area (Å²) in [6, 6.07) is 15.2. The topological polar surface area (TPSA) is 138 Å². The summed E-state index contributed by atoms with van der Waals surface area (Å²) in [6.07, 6.45) is -3.29. The van der Waals surface area contributed by atoms with E-state index in [0.717, 1.165) is 11.1 Å². The van der Waals surface area contributed by atoms with E-state index in [9.17, 15) is 26.4 Å². The van der Waals surface area contributed by atoms with Crippen molar-refractivity contribution in [1.29, 1.82) is 5.41 Å². The number of nitrogens with one attached hydrogen (secondary N) is 1. The molecule has 0 atom stereocenters. The number of alkyl halides is 3. The average Bonchev–Trinajstić information content (AvgIpc) is 3.25. The SMILES string of the molecule is CSc1sc(C(=N)N)cc1S(=O)(=O)c1cccc(-c2ccc(C(C)=O)cc2)c1.O=C(O)C(F)(F)F. The number of thioether (sulfide) groups is 1. The molecule has 1 aromatic heterocycles. The van der Waals surface area contributed by atoms with Gasteiger partial charge in [-0.2, -0.15) is 13.2 Å². The predicted octanol–water partition coefficient (Wildman–Crippen LogP) is 5.09. The van der Waals surface area contributed by atoms with E-state index in [0.29, 0.717) is 14.6 Å². The lowest BCUT2D eigenvalue weighted by Gasteiger charge is -2.08. The molecule has 0 aliphatic heterocycles. The first-order valence-electron chi connectivity index (χ1n) is 9.47. The van der Waals surface area contributed by atoms with E-state index < -0.39 is 22.0 Å². The number of hydrogen-bond acceptors (Lipinski definition) is 7. The van der Waals surface area contributed by atoms with Gasteiger partial charge in [0, 0.05) is 5.56 Å². The van der Waals surface area contributed by atoms with Crippen LogP contribution < -0.4 is 5.73 Å². The van der Waals surface area contributed by atoms with E-state index in [1.54, 1.807) is 48.7 Å². The lowest BCUT2D eigenvalue weighted by atomic mass is 10.0. The molecule has 0 saturated carbocycles. The molecule has 3 aromatic rings. The number of halogens is 3. The van der Waals surface area contributed by atoms with Crippen LogP contribution >= 0.6 is 23.1 Å². The highest BCUT2D eigenvalue weighted by Gasteiger charge is 2.38. The van der Waals surface area contributed by atoms with Crippen LogP contribution in [-0.2, 0) is 14.6 Å². The fourth-order valence-electron chi connectivity index (χ4n) is 2.69. The molecule has 35 heavy (non-hydrogen) atoms. The maximum Gasteiger partial charge on any atom is 0.490 e. The van der Waals surface area contributed by atoms with Crippen LogP contribution in [0.25, 0.3) is 11.1 Å². The first-order chi connectivity index (χ1) is 16.2. The van der Waals surface area contributed by atoms with Crippen molar-refractivity contribution in [3.63, 3.8) is 0 Å². The van der Waals surface area contributed by atoms with Crippen molar-refractivity contribution in [3.8, 4) is 11.1 Å². The fourth-order valence-corrected chi connectivity index (χ4v) is 6.59. The van der Waals surface area contributed by atoms with Crippen LogP contribution in [0.5, 0.6) is 0 Å². The van der Waals surface area contributed by atoms with Gasteiger partial charge in [-0.05, 0) is 42.5 Å². The van der Waals surface area contributed by atoms with Crippen LogP contribution in [0.15, 0.2) is 68.6 Å². The smallest absolute Gasteiger partial charge is 0.475 e. The highest BCUT2D eigenvalue weighted by atomic mass is 32.2. The molecule has 3 rings (SSSR count). The van der Waals surface area contributed by atoms with Crippen molar-refractivity contribution >= 4 is 50.5 Å². The van der Waals surface area contributed by atoms with Crippen molar-refractivity contribution in [2.45, 2.75) is 27.1 Å². The third-order valence-electron chi connectivity index (χ3n) is 4.42. The molecular weight excluding hydrogens is 525 g/mol. The summed E-state index contributed by atoms with van der Waals surface area (Å²) in [4.78, 5) is 21.1. The number of carboxylic acids is 1. The van der Waals surface area contributed by atoms with Crippen molar-refractivity contribution in [3.05, 3.63) is 65.0 Å². The molecule has 0 aliphatic carbocycles. The number of ketones is 1. The Morgan fingerprint density at radius 2 is 1.63 bits per heavy atom. The van der Waals surface area contributed by atoms with Gasteiger partial charge in [0.05, 0.1) is 18.9 Å². The number of carbonyl (C=O) groups excluding carboxylic acids is 1. The van der Waals surface area contributed by atoms with E-state index in [-0.39, 0.29) is 21.4 Å². The number of nitrogens with two attached hydrogens (primary N) is 1. The minimum atomic E-state index is -5.08. The molecule has 0 aliphatic rings. The molecule has 1 heterocycles. The third kappa shape index (κ3) is 6.93. The second kappa shape index (κ2) is 11.1. The van der Waals surface area contributed by atoms with E-state index in [1.807, 2.05) is 6.07 Å². The van der Waals surface area contributed by atoms with Gasteiger partial charge in [0.15, 0.2) is 5.78 Å². The number of carbonyl (C=O) groups is 2. The van der Waals surface area contributed by atoms with Crippen LogP contribution in [0.1, 0.15) is 22.2 Å². The molecule has 0 saturated heterocycles. The number of Topliss-reactive ketones (excluding diaryl/α,β-unsaturated/α-hetero) is 1. The van der Waals surface area contributed by atoms with Gasteiger partial charge in [-0.15, -0.1) is 23.1 Å². The Morgan fingerprint density at radius 3 is 2.09 bits per heavy atom. The molecule has 2 aromatic carbocycles. The summed E-state index contributed by atoms with van der Waals surface area (Å²) < 4.78 is 58.8. The number of benzene rings is 2. The number of nitrogen functional groups attached to an aromatic ring is 1. The minimum Gasteiger partial charge on any atom is -0.475 e. The second-order valence-electron chi connectivity index (χ2n) is 6.85. The van der Waals surface area contributed by atoms with Crippen molar-refractivity contribution in [2.75, 3.05) is 6.26 Å². The highest BCUT2D eigenvalue weighted by molar-refractivity contribution is 8.01. The zero-order valence-corrected chi connectivity index (χ0v) is 20.7. The Bertz CT molecular complexity index is 1370. The average molecular weight is 545 g/mol. The molecule has 0 amide bonds. The number of sulfone groups is 1. The molecule has 0 unspecified atom stereocenters. The number of aliphatic carboxylic acids is 1. The first-order valence-corrected chi connectivity index (χ1v) is 13.0. The van der Waals surface area contributed by atoms with Gasteiger partial charge in [-0.25, -0.2) is 13.2 Å². The van der Waals surface area contributed by atoms with Crippen molar-refractivity contribution in [2.24, 2.45) is 5.73 Å². The number of rotatable bonds is 6. The maximum absolute atomic E-state index is 13.2. The Kier molecular flexibility index (Phi) is 8.87. The fraction of sp³-hybridized carbons (Fsp3) is 0.136. The monoisotopic (exact) mass is 544 g/mol. The van der Waals surface area contributed by atoms with Gasteiger partial charge in [0.1, 0.15) is 5.84 Å². The van der Waals surface area contributed by atoms with E-state index in [2.05, 4.69) is 0 Å². The van der Waals surface area contributed by atoms with Gasteiger partial charge < -0.3 is 10.8 Å². The number of thiophene rings is 1. The molecule has 0 spiro atoms. The largest absolute Gasteiger partial charge is 0.490 e. The summed E-state index contributed by atoms with van der Waals surface area (Å²) in [7, 11) is -3.76. The molecule has 0 radical (unpaired) electrons. The van der Waals surface area contributed by atoms with Crippen LogP contribution in [0.2, 0.25) is 0 Å². The molecule has 7 nitrogen and oxygen atoms in total. The second-order valence-corrected chi connectivity index (χ2v) is 10.9. The van der Waals surface area contributed by atoms with E-state index in [1.165, 1.54) is 36.1 Å². The zero-order valence-electron chi connectivity index (χ0n) is 18.2. The summed E-state index contributed by atoms with van der Waals surface area (Å²) in [5.74, 6) is -2.93. The molecule has 4 N–H and O–H groups in total. The third-order valence-corrected chi connectivity index (χ3v) is 8.76. The summed E-state index contributed by atoms with van der Waals surface area (Å²) in [5.41, 5.74) is 7.70. The summed E-state index contributed by atoms with van der Waals surface area (Å²) in [6.45, 7) is 1.50. The Morgan fingerprint density at radius 1 is 1.06 bits per heavy atom. The quantitative estimate of drug-likeness (QED) is 0.170. The Balaban J connectivity index is 0.000000540. The van der Waals surface area contributed by atoms with Gasteiger partial charge in [0.2, 0.25) is 9.84 Å². The van der Waals surface area contributed by atoms with Crippen LogP contribution in [0.4, 0.5) is 13.2 Å². The summed E-state index contributed by atoms with van der Waals surface area (Å²) >= 11 is 2.51. The first kappa shape index (κ1) is 28.1. The molecule has 13 heteroatoms. The van der Waals surface area contributed by atoms with Crippen molar-refractivity contribution in [1.82, 2.24) is 0 Å². The molecule has 0 fully saturated rings. The number of hydrogen-bond donors (Lipinski definition) is 3. The number of carboxylic acid groups (broad SMARTS) is 1. The number of amidine groups is 1. The van der Waals surface area contributed by atoms with Gasteiger partial charge >= 0.3 is 12.1 Å². The highest BCUT2D eigenvalue weighted by Crippen LogP contribution is 2.37. The van der Waals surface area contributed by atoms with Gasteiger partial charge in [-0.1, -0.05) is 36.4 Å². The van der Waals surface area contributed by atoms with E-state index in [4.69, 9.17) is 21.0 Å². The predicted molar refractivity (Wildman–Crippen MR) is 128 cm³/mol. The van der Waals surface area contributed by atoms with Crippen LogP contribution in [0.3, 0.4) is 0 Å². The lowest BCUT2D eigenvalue weighted by Crippen LogP contribution is -2.21.